The van der Waals surface area contributed by atoms with E-state index in [-0.39, 0.29) is 5.91 Å². The molecule has 1 aliphatic heterocycles. The molecule has 2 aromatic rings. The van der Waals surface area contributed by atoms with Gasteiger partial charge >= 0.3 is 0 Å². The lowest BCUT2D eigenvalue weighted by Gasteiger charge is -2.26. The van der Waals surface area contributed by atoms with E-state index in [9.17, 15) is 4.79 Å². The minimum absolute atomic E-state index is 0.0156. The van der Waals surface area contributed by atoms with Gasteiger partial charge in [0.1, 0.15) is 5.82 Å². The van der Waals surface area contributed by atoms with E-state index in [0.29, 0.717) is 17.9 Å². The van der Waals surface area contributed by atoms with Gasteiger partial charge in [0.2, 0.25) is 5.91 Å². The second-order valence-corrected chi connectivity index (χ2v) is 7.41. The van der Waals surface area contributed by atoms with Crippen LogP contribution < -0.4 is 11.1 Å². The summed E-state index contributed by atoms with van der Waals surface area (Å²) in [6.45, 7) is 3.86. The first kappa shape index (κ1) is 15.3. The zero-order chi connectivity index (χ0) is 16.9. The lowest BCUT2D eigenvalue weighted by Crippen LogP contribution is -2.28. The third kappa shape index (κ3) is 2.33. The quantitative estimate of drug-likeness (QED) is 0.888. The molecule has 126 valence electrons. The molecule has 24 heavy (non-hydrogen) atoms. The van der Waals surface area contributed by atoms with Crippen molar-refractivity contribution < 1.29 is 4.79 Å². The predicted octanol–water partition coefficient (Wildman–Crippen LogP) is 2.62. The van der Waals surface area contributed by atoms with Gasteiger partial charge in [-0.15, -0.1) is 0 Å². The number of pyridine rings is 1. The van der Waals surface area contributed by atoms with Crippen LogP contribution >= 0.6 is 0 Å². The Labute approximate surface area is 141 Å². The summed E-state index contributed by atoms with van der Waals surface area (Å²) in [5.41, 5.74) is 8.22. The van der Waals surface area contributed by atoms with E-state index in [2.05, 4.69) is 15.0 Å². The lowest BCUT2D eigenvalue weighted by molar-refractivity contribution is -0.119. The molecule has 0 spiro atoms. The Bertz CT molecular complexity index is 786. The van der Waals surface area contributed by atoms with Crippen molar-refractivity contribution in [3.05, 3.63) is 30.1 Å². The fraction of sp³-hybridized carbons (Fsp3) is 0.500. The smallest absolute Gasteiger partial charge is 0.235 e. The molecule has 0 atom stereocenters. The van der Waals surface area contributed by atoms with Crippen molar-refractivity contribution in [2.45, 2.75) is 57.0 Å². The van der Waals surface area contributed by atoms with E-state index in [1.165, 1.54) is 0 Å². The highest BCUT2D eigenvalue weighted by atomic mass is 16.2. The topological polar surface area (TPSA) is 85.8 Å². The molecule has 1 aliphatic carbocycles. The summed E-state index contributed by atoms with van der Waals surface area (Å²) in [7, 11) is 0. The molecule has 0 radical (unpaired) electrons. The Morgan fingerprint density at radius 1 is 1.25 bits per heavy atom. The summed E-state index contributed by atoms with van der Waals surface area (Å²) >= 11 is 0. The van der Waals surface area contributed by atoms with Gasteiger partial charge in [-0.2, -0.15) is 5.10 Å². The summed E-state index contributed by atoms with van der Waals surface area (Å²) < 4.78 is 2.06. The molecule has 6 nitrogen and oxygen atoms in total. The molecule has 0 saturated heterocycles. The third-order valence-electron chi connectivity index (χ3n) is 5.38. The second kappa shape index (κ2) is 5.41. The SMILES string of the molecule is CC1(C)C(=O)Nc2nccc(-c3ccn(C4CCC(N)CC4)n3)c21. The maximum Gasteiger partial charge on any atom is 0.235 e. The Morgan fingerprint density at radius 3 is 2.75 bits per heavy atom. The zero-order valence-electron chi connectivity index (χ0n) is 14.1. The van der Waals surface area contributed by atoms with Crippen LogP contribution in [0.2, 0.25) is 0 Å². The van der Waals surface area contributed by atoms with Crippen molar-refractivity contribution in [1.82, 2.24) is 14.8 Å². The molecule has 3 heterocycles. The molecule has 1 saturated carbocycles. The molecular weight excluding hydrogens is 302 g/mol. The van der Waals surface area contributed by atoms with Crippen molar-refractivity contribution >= 4 is 11.7 Å². The number of hydrogen-bond donors (Lipinski definition) is 2. The number of carbonyl (C=O) groups excluding carboxylic acids is 1. The number of hydrogen-bond acceptors (Lipinski definition) is 4. The van der Waals surface area contributed by atoms with Crippen LogP contribution in [0.25, 0.3) is 11.3 Å². The number of nitrogens with zero attached hydrogens (tertiary/aromatic N) is 3. The summed E-state index contributed by atoms with van der Waals surface area (Å²) in [6, 6.07) is 4.73. The van der Waals surface area contributed by atoms with Crippen molar-refractivity contribution in [3.8, 4) is 11.3 Å². The number of anilines is 1. The highest BCUT2D eigenvalue weighted by Gasteiger charge is 2.41. The standard InChI is InChI=1S/C18H23N5O/c1-18(2)15-13(7-9-20-16(15)21-17(18)24)14-8-10-23(22-14)12-5-3-11(19)4-6-12/h7-12H,3-6,19H2,1-2H3,(H,20,21,24). The molecule has 4 rings (SSSR count). The Hall–Kier alpha value is -2.21. The van der Waals surface area contributed by atoms with E-state index in [1.807, 2.05) is 32.2 Å². The van der Waals surface area contributed by atoms with E-state index >= 15 is 0 Å². The first-order valence-corrected chi connectivity index (χ1v) is 8.59. The van der Waals surface area contributed by atoms with Crippen LogP contribution in [0.1, 0.15) is 51.1 Å². The summed E-state index contributed by atoms with van der Waals surface area (Å²) in [5, 5.41) is 7.68. The average molecular weight is 325 g/mol. The number of nitrogens with one attached hydrogen (secondary N) is 1. The van der Waals surface area contributed by atoms with Crippen LogP contribution in [0.3, 0.4) is 0 Å². The molecule has 2 aromatic heterocycles. The van der Waals surface area contributed by atoms with Crippen LogP contribution in [-0.2, 0) is 10.2 Å². The van der Waals surface area contributed by atoms with Crippen molar-refractivity contribution in [2.75, 3.05) is 5.32 Å². The molecule has 0 bridgehead atoms. The number of aromatic nitrogens is 3. The minimum atomic E-state index is -0.597. The lowest BCUT2D eigenvalue weighted by atomic mass is 9.83. The Kier molecular flexibility index (Phi) is 3.46. The van der Waals surface area contributed by atoms with Crippen LogP contribution in [0.15, 0.2) is 24.5 Å². The van der Waals surface area contributed by atoms with Crippen molar-refractivity contribution in [3.63, 3.8) is 0 Å². The van der Waals surface area contributed by atoms with E-state index in [0.717, 1.165) is 42.5 Å². The molecule has 6 heteroatoms. The van der Waals surface area contributed by atoms with Gasteiger partial charge in [-0.05, 0) is 51.7 Å². The van der Waals surface area contributed by atoms with Crippen molar-refractivity contribution in [2.24, 2.45) is 5.73 Å². The van der Waals surface area contributed by atoms with Gasteiger partial charge in [-0.1, -0.05) is 0 Å². The van der Waals surface area contributed by atoms with Gasteiger partial charge in [0.15, 0.2) is 0 Å². The Morgan fingerprint density at radius 2 is 2.00 bits per heavy atom. The molecule has 2 aliphatic rings. The molecule has 1 fully saturated rings. The maximum absolute atomic E-state index is 12.2. The number of amides is 1. The first-order valence-electron chi connectivity index (χ1n) is 8.59. The predicted molar refractivity (Wildman–Crippen MR) is 92.6 cm³/mol. The van der Waals surface area contributed by atoms with Crippen LogP contribution in [0.5, 0.6) is 0 Å². The molecule has 0 unspecified atom stereocenters. The monoisotopic (exact) mass is 325 g/mol. The summed E-state index contributed by atoms with van der Waals surface area (Å²) in [5.74, 6) is 0.638. The van der Waals surface area contributed by atoms with Gasteiger partial charge in [0, 0.05) is 29.6 Å². The third-order valence-corrected chi connectivity index (χ3v) is 5.38. The van der Waals surface area contributed by atoms with Gasteiger partial charge < -0.3 is 11.1 Å². The fourth-order valence-corrected chi connectivity index (χ4v) is 3.83. The van der Waals surface area contributed by atoms with Gasteiger partial charge in [0.05, 0.1) is 17.2 Å². The first-order chi connectivity index (χ1) is 11.5. The average Bonchev–Trinajstić information content (AvgIpc) is 3.12. The second-order valence-electron chi connectivity index (χ2n) is 7.41. The van der Waals surface area contributed by atoms with E-state index in [4.69, 9.17) is 10.8 Å². The number of nitrogens with two attached hydrogens (primary N) is 1. The van der Waals surface area contributed by atoms with E-state index in [1.54, 1.807) is 6.20 Å². The number of rotatable bonds is 2. The maximum atomic E-state index is 12.2. The number of carbonyl (C=O) groups is 1. The molecule has 0 aromatic carbocycles. The van der Waals surface area contributed by atoms with Gasteiger partial charge in [-0.3, -0.25) is 9.48 Å². The summed E-state index contributed by atoms with van der Waals surface area (Å²) in [4.78, 5) is 16.5. The van der Waals surface area contributed by atoms with Crippen LogP contribution in [0.4, 0.5) is 5.82 Å². The summed E-state index contributed by atoms with van der Waals surface area (Å²) in [6.07, 6.45) is 8.02. The molecular formula is C18H23N5O. The molecule has 1 amide bonds. The fourth-order valence-electron chi connectivity index (χ4n) is 3.83. The van der Waals surface area contributed by atoms with Gasteiger partial charge in [0.25, 0.3) is 0 Å². The highest BCUT2D eigenvalue weighted by Crippen LogP contribution is 2.42. The Balaban J connectivity index is 1.70. The molecule has 3 N–H and O–H groups in total. The highest BCUT2D eigenvalue weighted by molar-refractivity contribution is 6.06. The van der Waals surface area contributed by atoms with Crippen molar-refractivity contribution in [1.29, 1.82) is 0 Å². The number of fused-ring (bicyclic) bond motifs is 1. The van der Waals surface area contributed by atoms with Crippen LogP contribution in [-0.4, -0.2) is 26.7 Å². The normalized spacial score (nSPS) is 25.4. The largest absolute Gasteiger partial charge is 0.328 e. The van der Waals surface area contributed by atoms with Gasteiger partial charge in [-0.25, -0.2) is 4.98 Å². The minimum Gasteiger partial charge on any atom is -0.328 e. The van der Waals surface area contributed by atoms with E-state index < -0.39 is 5.41 Å². The zero-order valence-corrected chi connectivity index (χ0v) is 14.1. The van der Waals surface area contributed by atoms with Crippen LogP contribution in [0, 0.1) is 0 Å².